The van der Waals surface area contributed by atoms with E-state index >= 15 is 0 Å². The number of rotatable bonds is 3. The highest BCUT2D eigenvalue weighted by Gasteiger charge is 2.09. The van der Waals surface area contributed by atoms with Crippen molar-refractivity contribution in [2.45, 2.75) is 0 Å². The first-order valence-corrected chi connectivity index (χ1v) is 7.50. The van der Waals surface area contributed by atoms with E-state index in [1.165, 1.54) is 11.3 Å². The Hall–Kier alpha value is -2.17. The molecule has 0 spiro atoms. The van der Waals surface area contributed by atoms with Gasteiger partial charge in [0.15, 0.2) is 0 Å². The lowest BCUT2D eigenvalue weighted by Gasteiger charge is -2.06. The zero-order valence-electron chi connectivity index (χ0n) is 10.9. The van der Waals surface area contributed by atoms with Crippen LogP contribution in [0, 0.1) is 0 Å². The third-order valence-electron chi connectivity index (χ3n) is 2.88. The Labute approximate surface area is 131 Å². The molecule has 21 heavy (non-hydrogen) atoms. The van der Waals surface area contributed by atoms with Crippen LogP contribution in [0.3, 0.4) is 0 Å². The van der Waals surface area contributed by atoms with Crippen molar-refractivity contribution in [3.63, 3.8) is 0 Å². The molecular weight excluding hydrogens is 304 g/mol. The number of nitrogens with zero attached hydrogens (tertiary/aromatic N) is 1. The van der Waals surface area contributed by atoms with Gasteiger partial charge < -0.3 is 5.32 Å². The molecule has 3 aromatic rings. The topological polar surface area (TPSA) is 42.0 Å². The minimum atomic E-state index is -0.162. The number of aromatic nitrogens is 1. The molecule has 3 nitrogen and oxygen atoms in total. The number of amides is 1. The van der Waals surface area contributed by atoms with Gasteiger partial charge in [0, 0.05) is 17.4 Å². The number of hydrogen-bond acceptors (Lipinski definition) is 3. The lowest BCUT2D eigenvalue weighted by atomic mass is 10.1. The van der Waals surface area contributed by atoms with Gasteiger partial charge in [-0.05, 0) is 36.4 Å². The van der Waals surface area contributed by atoms with Gasteiger partial charge in [0.25, 0.3) is 5.91 Å². The van der Waals surface area contributed by atoms with E-state index in [1.54, 1.807) is 18.3 Å². The third kappa shape index (κ3) is 3.29. The van der Waals surface area contributed by atoms with Crippen LogP contribution < -0.4 is 5.32 Å². The average Bonchev–Trinajstić information content (AvgIpc) is 2.95. The third-order valence-corrected chi connectivity index (χ3v) is 4.11. The van der Waals surface area contributed by atoms with Gasteiger partial charge in [0.05, 0.1) is 14.9 Å². The first kappa shape index (κ1) is 13.8. The number of benzene rings is 1. The quantitative estimate of drug-likeness (QED) is 0.760. The predicted molar refractivity (Wildman–Crippen MR) is 87.0 cm³/mol. The number of thiophene rings is 1. The Balaban J connectivity index is 1.82. The fourth-order valence-corrected chi connectivity index (χ4v) is 2.86. The van der Waals surface area contributed by atoms with Crippen LogP contribution in [0.25, 0.3) is 11.3 Å². The molecule has 0 aliphatic carbocycles. The van der Waals surface area contributed by atoms with E-state index in [0.717, 1.165) is 16.9 Å². The standard InChI is InChI=1S/C16H11ClN2OS/c17-15-8-7-14(21-15)16(20)19-12-5-3-4-11(10-12)13-6-1-2-9-18-13/h1-10H,(H,19,20). The molecule has 104 valence electrons. The molecular formula is C16H11ClN2OS. The van der Waals surface area contributed by atoms with Gasteiger partial charge >= 0.3 is 0 Å². The van der Waals surface area contributed by atoms with E-state index in [1.807, 2.05) is 42.5 Å². The molecule has 3 rings (SSSR count). The molecule has 0 aliphatic heterocycles. The van der Waals surface area contributed by atoms with Gasteiger partial charge in [-0.2, -0.15) is 0 Å². The summed E-state index contributed by atoms with van der Waals surface area (Å²) in [4.78, 5) is 17.0. The van der Waals surface area contributed by atoms with E-state index in [4.69, 9.17) is 11.6 Å². The second-order valence-corrected chi connectivity index (χ2v) is 6.07. The molecule has 2 aromatic heterocycles. The van der Waals surface area contributed by atoms with Gasteiger partial charge in [-0.3, -0.25) is 9.78 Å². The average molecular weight is 315 g/mol. The number of hydrogen-bond donors (Lipinski definition) is 1. The van der Waals surface area contributed by atoms with Crippen LogP contribution in [0.4, 0.5) is 5.69 Å². The van der Waals surface area contributed by atoms with Gasteiger partial charge in [-0.1, -0.05) is 29.8 Å². The zero-order chi connectivity index (χ0) is 14.7. The van der Waals surface area contributed by atoms with Crippen molar-refractivity contribution in [2.24, 2.45) is 0 Å². The lowest BCUT2D eigenvalue weighted by molar-refractivity contribution is 0.103. The zero-order valence-corrected chi connectivity index (χ0v) is 12.5. The van der Waals surface area contributed by atoms with E-state index < -0.39 is 0 Å². The van der Waals surface area contributed by atoms with E-state index in [2.05, 4.69) is 10.3 Å². The second kappa shape index (κ2) is 6.08. The number of carbonyl (C=O) groups excluding carboxylic acids is 1. The van der Waals surface area contributed by atoms with Crippen LogP contribution >= 0.6 is 22.9 Å². The van der Waals surface area contributed by atoms with Gasteiger partial charge in [0.2, 0.25) is 0 Å². The van der Waals surface area contributed by atoms with Crippen molar-refractivity contribution in [3.05, 3.63) is 70.0 Å². The van der Waals surface area contributed by atoms with E-state index in [-0.39, 0.29) is 5.91 Å². The minimum Gasteiger partial charge on any atom is -0.321 e. The normalized spacial score (nSPS) is 10.3. The van der Waals surface area contributed by atoms with Crippen LogP contribution in [0.1, 0.15) is 9.67 Å². The van der Waals surface area contributed by atoms with Gasteiger partial charge in [-0.25, -0.2) is 0 Å². The van der Waals surface area contributed by atoms with Crippen molar-refractivity contribution in [2.75, 3.05) is 5.32 Å². The fourth-order valence-electron chi connectivity index (χ4n) is 1.92. The Kier molecular flexibility index (Phi) is 3.99. The van der Waals surface area contributed by atoms with Crippen molar-refractivity contribution in [1.29, 1.82) is 0 Å². The van der Waals surface area contributed by atoms with Gasteiger partial charge in [-0.15, -0.1) is 11.3 Å². The van der Waals surface area contributed by atoms with Crippen molar-refractivity contribution in [3.8, 4) is 11.3 Å². The maximum absolute atomic E-state index is 12.1. The number of anilines is 1. The highest BCUT2D eigenvalue weighted by molar-refractivity contribution is 7.18. The largest absolute Gasteiger partial charge is 0.321 e. The molecule has 0 radical (unpaired) electrons. The molecule has 1 aromatic carbocycles. The first-order chi connectivity index (χ1) is 10.2. The summed E-state index contributed by atoms with van der Waals surface area (Å²) in [5, 5.41) is 2.87. The molecule has 0 aliphatic rings. The number of halogens is 1. The molecule has 1 N–H and O–H groups in total. The molecule has 0 unspecified atom stereocenters. The van der Waals surface area contributed by atoms with Crippen molar-refractivity contribution in [1.82, 2.24) is 4.98 Å². The van der Waals surface area contributed by atoms with Crippen molar-refractivity contribution >= 4 is 34.5 Å². The first-order valence-electron chi connectivity index (χ1n) is 6.30. The molecule has 0 fully saturated rings. The molecule has 0 bridgehead atoms. The molecule has 2 heterocycles. The summed E-state index contributed by atoms with van der Waals surface area (Å²) in [6.07, 6.45) is 1.74. The highest BCUT2D eigenvalue weighted by atomic mass is 35.5. The van der Waals surface area contributed by atoms with Crippen LogP contribution in [0.5, 0.6) is 0 Å². The molecule has 1 amide bonds. The number of pyridine rings is 1. The minimum absolute atomic E-state index is 0.162. The SMILES string of the molecule is O=C(Nc1cccc(-c2ccccn2)c1)c1ccc(Cl)s1. The number of carbonyl (C=O) groups is 1. The summed E-state index contributed by atoms with van der Waals surface area (Å²) in [6.45, 7) is 0. The molecule has 0 saturated carbocycles. The van der Waals surface area contributed by atoms with Crippen LogP contribution in [-0.2, 0) is 0 Å². The maximum Gasteiger partial charge on any atom is 0.265 e. The molecule has 5 heteroatoms. The van der Waals surface area contributed by atoms with Crippen LogP contribution in [0.15, 0.2) is 60.8 Å². The summed E-state index contributed by atoms with van der Waals surface area (Å²) < 4.78 is 0.599. The molecule has 0 saturated heterocycles. The summed E-state index contributed by atoms with van der Waals surface area (Å²) in [7, 11) is 0. The Morgan fingerprint density at radius 3 is 2.71 bits per heavy atom. The van der Waals surface area contributed by atoms with Gasteiger partial charge in [0.1, 0.15) is 0 Å². The smallest absolute Gasteiger partial charge is 0.265 e. The van der Waals surface area contributed by atoms with Crippen LogP contribution in [-0.4, -0.2) is 10.9 Å². The Morgan fingerprint density at radius 2 is 2.00 bits per heavy atom. The summed E-state index contributed by atoms with van der Waals surface area (Å²) in [6, 6.07) is 16.8. The van der Waals surface area contributed by atoms with E-state index in [9.17, 15) is 4.79 Å². The second-order valence-electron chi connectivity index (χ2n) is 4.35. The fraction of sp³-hybridized carbons (Fsp3) is 0. The lowest BCUT2D eigenvalue weighted by Crippen LogP contribution is -2.09. The monoisotopic (exact) mass is 314 g/mol. The van der Waals surface area contributed by atoms with E-state index in [0.29, 0.717) is 9.21 Å². The maximum atomic E-state index is 12.1. The summed E-state index contributed by atoms with van der Waals surface area (Å²) in [5.74, 6) is -0.162. The Bertz CT molecular complexity index is 771. The Morgan fingerprint density at radius 1 is 1.10 bits per heavy atom. The number of nitrogens with one attached hydrogen (secondary N) is 1. The summed E-state index contributed by atoms with van der Waals surface area (Å²) >= 11 is 7.10. The molecule has 0 atom stereocenters. The highest BCUT2D eigenvalue weighted by Crippen LogP contribution is 2.24. The van der Waals surface area contributed by atoms with Crippen LogP contribution in [0.2, 0.25) is 4.34 Å². The predicted octanol–water partition coefficient (Wildman–Crippen LogP) is 4.72. The van der Waals surface area contributed by atoms with Crippen molar-refractivity contribution < 1.29 is 4.79 Å². The summed E-state index contributed by atoms with van der Waals surface area (Å²) in [5.41, 5.74) is 2.55.